The minimum absolute atomic E-state index is 0.0332. The van der Waals surface area contributed by atoms with Crippen molar-refractivity contribution in [1.82, 2.24) is 24.6 Å². The Morgan fingerprint density at radius 1 is 0.862 bits per heavy atom. The molecular formula is C44H51N6O6PS. The normalized spacial score (nSPS) is 13.9. The topological polar surface area (TPSA) is 153 Å². The number of ketones is 1. The van der Waals surface area contributed by atoms with E-state index in [1.807, 2.05) is 86.6 Å². The number of benzene rings is 4. The molecule has 58 heavy (non-hydrogen) atoms. The number of methoxy groups -OCH3 is 1. The lowest BCUT2D eigenvalue weighted by Gasteiger charge is -2.38. The maximum absolute atomic E-state index is 14.0. The van der Waals surface area contributed by atoms with Crippen LogP contribution in [0, 0.1) is 12.3 Å². The fourth-order valence-corrected chi connectivity index (χ4v) is 8.84. The van der Waals surface area contributed by atoms with Crippen molar-refractivity contribution in [2.75, 3.05) is 50.5 Å². The van der Waals surface area contributed by atoms with Crippen LogP contribution in [-0.4, -0.2) is 70.1 Å². The summed E-state index contributed by atoms with van der Waals surface area (Å²) in [6.07, 6.45) is 2.87. The molecule has 304 valence electrons. The number of nitrogens with two attached hydrogens (primary N) is 1. The van der Waals surface area contributed by atoms with Gasteiger partial charge in [-0.3, -0.25) is 9.36 Å². The van der Waals surface area contributed by atoms with Crippen molar-refractivity contribution in [2.45, 2.75) is 39.5 Å². The van der Waals surface area contributed by atoms with Gasteiger partial charge in [-0.1, -0.05) is 116 Å². The molecule has 0 aliphatic heterocycles. The average molecular weight is 823 g/mol. The van der Waals surface area contributed by atoms with Crippen LogP contribution in [0.4, 0.5) is 5.82 Å². The van der Waals surface area contributed by atoms with Crippen molar-refractivity contribution in [3.8, 4) is 5.75 Å². The van der Waals surface area contributed by atoms with Crippen LogP contribution in [0.15, 0.2) is 122 Å². The third kappa shape index (κ3) is 10.6. The number of carbonyl (C=O) groups excluding carboxylic acids is 1. The number of rotatable bonds is 22. The number of nitrogens with zero attached hydrogens (tertiary/aromatic N) is 4. The number of hydrogen-bond donors (Lipinski definition) is 2. The molecule has 2 aromatic heterocycles. The van der Waals surface area contributed by atoms with Crippen molar-refractivity contribution in [2.24, 2.45) is 5.41 Å². The van der Waals surface area contributed by atoms with Gasteiger partial charge in [0.1, 0.15) is 29.5 Å². The monoisotopic (exact) mass is 822 g/mol. The number of ether oxygens (including phenoxy) is 3. The lowest BCUT2D eigenvalue weighted by Crippen LogP contribution is -2.39. The van der Waals surface area contributed by atoms with Crippen molar-refractivity contribution in [1.29, 1.82) is 0 Å². The number of anilines is 1. The van der Waals surface area contributed by atoms with Gasteiger partial charge in [-0.2, -0.15) is 11.8 Å². The van der Waals surface area contributed by atoms with Crippen LogP contribution < -0.4 is 15.6 Å². The highest BCUT2D eigenvalue weighted by Gasteiger charge is 2.40. The molecule has 0 radical (unpaired) electrons. The molecule has 4 aromatic carbocycles. The third-order valence-electron chi connectivity index (χ3n) is 9.83. The van der Waals surface area contributed by atoms with Crippen molar-refractivity contribution < 1.29 is 28.1 Å². The average Bonchev–Trinajstić information content (AvgIpc) is 3.67. The van der Waals surface area contributed by atoms with E-state index in [0.29, 0.717) is 35.8 Å². The second-order valence-corrected chi connectivity index (χ2v) is 17.8. The van der Waals surface area contributed by atoms with Crippen molar-refractivity contribution in [3.63, 3.8) is 0 Å². The zero-order valence-corrected chi connectivity index (χ0v) is 35.1. The van der Waals surface area contributed by atoms with Crippen LogP contribution in [0.25, 0.3) is 11.2 Å². The van der Waals surface area contributed by atoms with Crippen LogP contribution in [-0.2, 0) is 42.0 Å². The number of aromatic nitrogens is 4. The summed E-state index contributed by atoms with van der Waals surface area (Å²) in [5, 5.41) is 3.10. The number of hydrogen-bond acceptors (Lipinski definition) is 11. The van der Waals surface area contributed by atoms with Crippen LogP contribution in [0.2, 0.25) is 0 Å². The maximum Gasteiger partial charge on any atom is 0.295 e. The molecule has 6 aromatic rings. The molecule has 0 aliphatic rings. The Morgan fingerprint density at radius 3 is 2.21 bits per heavy atom. The number of aryl methyl sites for hydroxylation is 1. The molecule has 3 N–H and O–H groups in total. The summed E-state index contributed by atoms with van der Waals surface area (Å²) in [7, 11) is -1.79. The van der Waals surface area contributed by atoms with E-state index >= 15 is 0 Å². The van der Waals surface area contributed by atoms with E-state index in [9.17, 15) is 9.36 Å². The molecule has 0 saturated heterocycles. The van der Waals surface area contributed by atoms with Crippen molar-refractivity contribution in [3.05, 3.63) is 150 Å². The predicted molar refractivity (Wildman–Crippen MR) is 230 cm³/mol. The maximum atomic E-state index is 14.0. The molecule has 6 rings (SSSR count). The van der Waals surface area contributed by atoms with Gasteiger partial charge in [0.15, 0.2) is 17.2 Å². The first kappa shape index (κ1) is 42.7. The predicted octanol–water partition coefficient (Wildman–Crippen LogP) is 8.04. The molecule has 2 atom stereocenters. The Morgan fingerprint density at radius 2 is 1.52 bits per heavy atom. The highest BCUT2D eigenvalue weighted by molar-refractivity contribution is 7.99. The van der Waals surface area contributed by atoms with Gasteiger partial charge in [0, 0.05) is 24.3 Å². The van der Waals surface area contributed by atoms with E-state index in [2.05, 4.69) is 63.4 Å². The van der Waals surface area contributed by atoms with E-state index in [1.54, 1.807) is 18.0 Å². The first-order valence-corrected chi connectivity index (χ1v) is 22.0. The van der Waals surface area contributed by atoms with E-state index < -0.39 is 18.5 Å². The summed E-state index contributed by atoms with van der Waals surface area (Å²) in [4.78, 5) is 26.4. The summed E-state index contributed by atoms with van der Waals surface area (Å²) in [6, 6.07) is 36.0. The minimum atomic E-state index is -3.44. The zero-order chi connectivity index (χ0) is 41.0. The Balaban J connectivity index is 1.07. The fraction of sp³-hybridized carbons (Fsp3) is 0.318. The molecule has 14 heteroatoms. The van der Waals surface area contributed by atoms with Crippen LogP contribution in [0.5, 0.6) is 5.75 Å². The Hall–Kier alpha value is -4.88. The number of fused-ring (bicyclic) bond motifs is 1. The summed E-state index contributed by atoms with van der Waals surface area (Å²) in [5.74, 6) is 1.76. The van der Waals surface area contributed by atoms with Crippen LogP contribution in [0.3, 0.4) is 0 Å². The third-order valence-corrected chi connectivity index (χ3v) is 12.5. The van der Waals surface area contributed by atoms with Gasteiger partial charge in [-0.15, -0.1) is 0 Å². The number of thioether (sulfide) groups is 1. The number of nitrogens with one attached hydrogen (secondary N) is 1. The molecular weight excluding hydrogens is 772 g/mol. The van der Waals surface area contributed by atoms with Gasteiger partial charge in [0.25, 0.3) is 7.52 Å². The van der Waals surface area contributed by atoms with Gasteiger partial charge in [0.2, 0.25) is 0 Å². The highest BCUT2D eigenvalue weighted by Crippen LogP contribution is 2.44. The van der Waals surface area contributed by atoms with E-state index in [0.717, 1.165) is 33.6 Å². The summed E-state index contributed by atoms with van der Waals surface area (Å²) < 4.78 is 40.3. The van der Waals surface area contributed by atoms with E-state index in [-0.39, 0.29) is 37.7 Å². The summed E-state index contributed by atoms with van der Waals surface area (Å²) in [5.41, 5.74) is 10.1. The Kier molecular flexibility index (Phi) is 14.5. The standard InChI is InChI=1S/C44H51N6O6PS/c1-33-15-17-36(18-16-33)44(35-13-9-6-10-14-35,37-19-21-38(53-4)22-20-37)55-29-43(2,3)39(51)28-58-26-25-56-57(52,49-27-34-11-7-5-8-12-34)32-54-24-23-50-31-48-40-41(45)46-30-47-42(40)50/h5-22,30-31H,23-29,32H2,1-4H3,(H,49,52)(H2,45,46,47). The first-order valence-electron chi connectivity index (χ1n) is 19.1. The molecule has 0 aliphatic carbocycles. The lowest BCUT2D eigenvalue weighted by atomic mass is 9.79. The van der Waals surface area contributed by atoms with Gasteiger partial charge >= 0.3 is 0 Å². The SMILES string of the molecule is COc1ccc(C(OCC(C)(C)C(=O)CSCCOP(=O)(COCCn2cnc3c(N)ncnc32)NCc2ccccc2)(c2ccccc2)c2ccc(C)cc2)cc1. The summed E-state index contributed by atoms with van der Waals surface area (Å²) in [6.45, 7) is 7.19. The van der Waals surface area contributed by atoms with Gasteiger partial charge in [-0.25, -0.2) is 20.0 Å². The molecule has 0 spiro atoms. The van der Waals surface area contributed by atoms with Crippen LogP contribution >= 0.6 is 19.3 Å². The second-order valence-electron chi connectivity index (χ2n) is 14.5. The molecule has 0 saturated carbocycles. The van der Waals surface area contributed by atoms with Gasteiger partial charge < -0.3 is 29.0 Å². The zero-order valence-electron chi connectivity index (χ0n) is 33.4. The number of nitrogen functional groups attached to an aromatic ring is 1. The Labute approximate surface area is 344 Å². The number of Topliss-reactive ketones (excluding diaryl/α,β-unsaturated/α-hetero) is 1. The van der Waals surface area contributed by atoms with Crippen LogP contribution in [0.1, 0.15) is 41.7 Å². The molecule has 0 fully saturated rings. The fourth-order valence-electron chi connectivity index (χ4n) is 6.36. The highest BCUT2D eigenvalue weighted by atomic mass is 32.2. The van der Waals surface area contributed by atoms with Gasteiger partial charge in [-0.05, 0) is 41.3 Å². The second kappa shape index (κ2) is 19.7. The van der Waals surface area contributed by atoms with Gasteiger partial charge in [0.05, 0.1) is 39.0 Å². The number of carbonyl (C=O) groups is 1. The molecule has 0 bridgehead atoms. The van der Waals surface area contributed by atoms with E-state index in [1.165, 1.54) is 18.1 Å². The first-order chi connectivity index (χ1) is 28.0. The largest absolute Gasteiger partial charge is 0.497 e. The summed E-state index contributed by atoms with van der Waals surface area (Å²) >= 11 is 1.43. The molecule has 2 heterocycles. The Bertz CT molecular complexity index is 2280. The molecule has 0 amide bonds. The van der Waals surface area contributed by atoms with Crippen molar-refractivity contribution >= 4 is 42.0 Å². The lowest BCUT2D eigenvalue weighted by molar-refractivity contribution is -0.130. The quantitative estimate of drug-likeness (QED) is 0.0387. The van der Waals surface area contributed by atoms with E-state index in [4.69, 9.17) is 24.5 Å². The smallest absolute Gasteiger partial charge is 0.295 e. The molecule has 12 nitrogen and oxygen atoms in total. The minimum Gasteiger partial charge on any atom is -0.497 e. The number of imidazole rings is 1. The molecule has 2 unspecified atom stereocenters.